The second kappa shape index (κ2) is 8.58. The molecule has 0 saturated carbocycles. The Balaban J connectivity index is 1.30. The summed E-state index contributed by atoms with van der Waals surface area (Å²) in [5, 5.41) is 3.05. The molecule has 2 aliphatic heterocycles. The fraction of sp³-hybridized carbons (Fsp3) is 0.611. The van der Waals surface area contributed by atoms with Crippen molar-refractivity contribution in [1.82, 2.24) is 26.0 Å². The van der Waals surface area contributed by atoms with Crippen LogP contribution in [-0.2, 0) is 11.3 Å². The Hall–Kier alpha value is -1.47. The molecule has 3 N–H and O–H groups in total. The highest BCUT2D eigenvalue weighted by Gasteiger charge is 2.26. The van der Waals surface area contributed by atoms with Gasteiger partial charge in [0.2, 0.25) is 5.91 Å². The third-order valence-electron chi connectivity index (χ3n) is 4.85. The number of carbonyl (C=O) groups is 1. The van der Waals surface area contributed by atoms with Crippen molar-refractivity contribution in [3.05, 3.63) is 35.9 Å². The minimum Gasteiger partial charge on any atom is -0.353 e. The van der Waals surface area contributed by atoms with Crippen molar-refractivity contribution in [2.24, 2.45) is 0 Å². The number of piperazine rings is 1. The van der Waals surface area contributed by atoms with Gasteiger partial charge in [-0.1, -0.05) is 30.3 Å². The van der Waals surface area contributed by atoms with Crippen LogP contribution in [0.1, 0.15) is 18.9 Å². The van der Waals surface area contributed by atoms with Gasteiger partial charge in [0.15, 0.2) is 0 Å². The number of carbonyl (C=O) groups excluding carboxylic acids is 1. The summed E-state index contributed by atoms with van der Waals surface area (Å²) < 4.78 is 0. The summed E-state index contributed by atoms with van der Waals surface area (Å²) in [6.45, 7) is 9.10. The fourth-order valence-corrected chi connectivity index (χ4v) is 3.36. The quantitative estimate of drug-likeness (QED) is 0.694. The summed E-state index contributed by atoms with van der Waals surface area (Å²) in [6.07, 6.45) is 0.851. The van der Waals surface area contributed by atoms with E-state index in [1.54, 1.807) is 0 Å². The van der Waals surface area contributed by atoms with Gasteiger partial charge >= 0.3 is 0 Å². The Morgan fingerprint density at radius 3 is 2.50 bits per heavy atom. The van der Waals surface area contributed by atoms with E-state index in [0.29, 0.717) is 6.04 Å². The molecule has 24 heavy (non-hydrogen) atoms. The summed E-state index contributed by atoms with van der Waals surface area (Å²) in [7, 11) is 0. The molecule has 0 aliphatic carbocycles. The van der Waals surface area contributed by atoms with Crippen LogP contribution in [0.15, 0.2) is 30.3 Å². The van der Waals surface area contributed by atoms with E-state index in [2.05, 4.69) is 63.2 Å². The van der Waals surface area contributed by atoms with Crippen LogP contribution >= 0.6 is 0 Å². The first-order valence-corrected chi connectivity index (χ1v) is 8.98. The summed E-state index contributed by atoms with van der Waals surface area (Å²) in [6, 6.07) is 10.9. The van der Waals surface area contributed by atoms with Crippen molar-refractivity contribution in [2.45, 2.75) is 32.0 Å². The predicted molar refractivity (Wildman–Crippen MR) is 95.3 cm³/mol. The lowest BCUT2D eigenvalue weighted by molar-refractivity contribution is -0.122. The SMILES string of the molecule is CC1CC(C(=O)NCCN2CCN(Cc3ccccc3)CC2)NN1. The summed E-state index contributed by atoms with van der Waals surface area (Å²) in [5.74, 6) is 0.106. The first-order valence-electron chi connectivity index (χ1n) is 8.98. The molecule has 6 nitrogen and oxygen atoms in total. The number of hydrogen-bond acceptors (Lipinski definition) is 5. The lowest BCUT2D eigenvalue weighted by Gasteiger charge is -2.34. The second-order valence-corrected chi connectivity index (χ2v) is 6.87. The molecular formula is C18H29N5O. The molecule has 0 spiro atoms. The first-order chi connectivity index (χ1) is 11.7. The summed E-state index contributed by atoms with van der Waals surface area (Å²) in [4.78, 5) is 17.0. The van der Waals surface area contributed by atoms with E-state index in [-0.39, 0.29) is 11.9 Å². The van der Waals surface area contributed by atoms with Crippen molar-refractivity contribution in [3.8, 4) is 0 Å². The molecular weight excluding hydrogens is 302 g/mol. The zero-order chi connectivity index (χ0) is 16.8. The van der Waals surface area contributed by atoms with Gasteiger partial charge in [-0.3, -0.25) is 20.0 Å². The molecule has 1 aromatic carbocycles. The maximum absolute atomic E-state index is 12.0. The van der Waals surface area contributed by atoms with Gasteiger partial charge in [-0.2, -0.15) is 0 Å². The van der Waals surface area contributed by atoms with E-state index >= 15 is 0 Å². The average Bonchev–Trinajstić information content (AvgIpc) is 3.04. The second-order valence-electron chi connectivity index (χ2n) is 6.87. The topological polar surface area (TPSA) is 59.6 Å². The van der Waals surface area contributed by atoms with Gasteiger partial charge in [0.1, 0.15) is 6.04 Å². The van der Waals surface area contributed by atoms with Crippen LogP contribution in [0.25, 0.3) is 0 Å². The number of benzene rings is 1. The number of nitrogens with zero attached hydrogens (tertiary/aromatic N) is 2. The maximum atomic E-state index is 12.0. The number of hydrazine groups is 1. The molecule has 2 aliphatic rings. The molecule has 2 heterocycles. The Labute approximate surface area is 144 Å². The third kappa shape index (κ3) is 5.01. The lowest BCUT2D eigenvalue weighted by atomic mass is 10.1. The van der Waals surface area contributed by atoms with Crippen LogP contribution in [0, 0.1) is 0 Å². The highest BCUT2D eigenvalue weighted by Crippen LogP contribution is 2.08. The Kier molecular flexibility index (Phi) is 6.20. The molecule has 2 saturated heterocycles. The minimum atomic E-state index is -0.0947. The standard InChI is InChI=1S/C18H29N5O/c1-15-13-17(21-20-15)18(24)19-7-8-22-9-11-23(12-10-22)14-16-5-3-2-4-6-16/h2-6,15,17,20-21H,7-14H2,1H3,(H,19,24). The molecule has 2 fully saturated rings. The van der Waals surface area contributed by atoms with Gasteiger partial charge in [-0.25, -0.2) is 5.43 Å². The first kappa shape index (κ1) is 17.4. The number of amides is 1. The van der Waals surface area contributed by atoms with E-state index in [9.17, 15) is 4.79 Å². The van der Waals surface area contributed by atoms with Gasteiger partial charge in [0, 0.05) is 51.9 Å². The highest BCUT2D eigenvalue weighted by molar-refractivity contribution is 5.82. The van der Waals surface area contributed by atoms with Crippen LogP contribution in [0.4, 0.5) is 0 Å². The van der Waals surface area contributed by atoms with Crippen molar-refractivity contribution < 1.29 is 4.79 Å². The molecule has 6 heteroatoms. The van der Waals surface area contributed by atoms with Crippen molar-refractivity contribution in [2.75, 3.05) is 39.3 Å². The summed E-state index contributed by atoms with van der Waals surface area (Å²) in [5.41, 5.74) is 7.51. The van der Waals surface area contributed by atoms with Gasteiger partial charge in [-0.15, -0.1) is 0 Å². The van der Waals surface area contributed by atoms with Crippen LogP contribution in [-0.4, -0.2) is 67.1 Å². The van der Waals surface area contributed by atoms with Crippen LogP contribution in [0.2, 0.25) is 0 Å². The predicted octanol–water partition coefficient (Wildman–Crippen LogP) is 0.175. The zero-order valence-electron chi connectivity index (χ0n) is 14.5. The van der Waals surface area contributed by atoms with Crippen molar-refractivity contribution >= 4 is 5.91 Å². The van der Waals surface area contributed by atoms with Gasteiger partial charge < -0.3 is 5.32 Å². The molecule has 0 bridgehead atoms. The zero-order valence-corrected chi connectivity index (χ0v) is 14.5. The van der Waals surface area contributed by atoms with Gasteiger partial charge in [0.25, 0.3) is 0 Å². The van der Waals surface area contributed by atoms with Crippen molar-refractivity contribution in [1.29, 1.82) is 0 Å². The monoisotopic (exact) mass is 331 g/mol. The maximum Gasteiger partial charge on any atom is 0.238 e. The summed E-state index contributed by atoms with van der Waals surface area (Å²) >= 11 is 0. The van der Waals surface area contributed by atoms with E-state index in [1.165, 1.54) is 5.56 Å². The molecule has 1 amide bonds. The molecule has 0 aromatic heterocycles. The van der Waals surface area contributed by atoms with E-state index in [0.717, 1.165) is 52.2 Å². The average molecular weight is 331 g/mol. The molecule has 132 valence electrons. The minimum absolute atomic E-state index is 0.0947. The molecule has 1 aromatic rings. The van der Waals surface area contributed by atoms with E-state index in [4.69, 9.17) is 0 Å². The lowest BCUT2D eigenvalue weighted by Crippen LogP contribution is -2.49. The number of nitrogens with one attached hydrogen (secondary N) is 3. The third-order valence-corrected chi connectivity index (χ3v) is 4.85. The van der Waals surface area contributed by atoms with Crippen molar-refractivity contribution in [3.63, 3.8) is 0 Å². The highest BCUT2D eigenvalue weighted by atomic mass is 16.2. The number of hydrogen-bond donors (Lipinski definition) is 3. The molecule has 2 unspecified atom stereocenters. The molecule has 2 atom stereocenters. The largest absolute Gasteiger partial charge is 0.353 e. The van der Waals surface area contributed by atoms with E-state index < -0.39 is 0 Å². The van der Waals surface area contributed by atoms with Crippen LogP contribution in [0.5, 0.6) is 0 Å². The Bertz CT molecular complexity index is 515. The smallest absolute Gasteiger partial charge is 0.238 e. The van der Waals surface area contributed by atoms with Crippen LogP contribution in [0.3, 0.4) is 0 Å². The fourth-order valence-electron chi connectivity index (χ4n) is 3.36. The normalized spacial score (nSPS) is 25.7. The molecule has 0 radical (unpaired) electrons. The van der Waals surface area contributed by atoms with E-state index in [1.807, 2.05) is 0 Å². The Morgan fingerprint density at radius 2 is 1.83 bits per heavy atom. The van der Waals surface area contributed by atoms with Gasteiger partial charge in [0.05, 0.1) is 0 Å². The van der Waals surface area contributed by atoms with Gasteiger partial charge in [-0.05, 0) is 18.9 Å². The molecule has 3 rings (SSSR count). The Morgan fingerprint density at radius 1 is 1.12 bits per heavy atom. The van der Waals surface area contributed by atoms with Crippen LogP contribution < -0.4 is 16.2 Å². The number of rotatable bonds is 6.